The zero-order valence-electron chi connectivity index (χ0n) is 13.8. The number of hydrogen-bond donors (Lipinski definition) is 0. The molecule has 1 aliphatic rings. The van der Waals surface area contributed by atoms with Crippen molar-refractivity contribution in [3.63, 3.8) is 0 Å². The summed E-state index contributed by atoms with van der Waals surface area (Å²) in [4.78, 5) is 22.7. The van der Waals surface area contributed by atoms with Gasteiger partial charge in [-0.25, -0.2) is 0 Å². The van der Waals surface area contributed by atoms with Gasteiger partial charge >= 0.3 is 0 Å². The van der Waals surface area contributed by atoms with Gasteiger partial charge in [0.15, 0.2) is 5.69 Å². The smallest absolute Gasteiger partial charge is 0.276 e. The summed E-state index contributed by atoms with van der Waals surface area (Å²) in [6, 6.07) is 5.14. The Hall–Kier alpha value is -3.03. The van der Waals surface area contributed by atoms with Crippen molar-refractivity contribution in [3.05, 3.63) is 47.9 Å². The van der Waals surface area contributed by atoms with Crippen LogP contribution in [0.1, 0.15) is 47.9 Å². The second kappa shape index (κ2) is 6.46. The van der Waals surface area contributed by atoms with Crippen LogP contribution < -0.4 is 0 Å². The summed E-state index contributed by atoms with van der Waals surface area (Å²) >= 11 is 0. The summed E-state index contributed by atoms with van der Waals surface area (Å²) in [5.41, 5.74) is 1.09. The van der Waals surface area contributed by atoms with E-state index in [0.29, 0.717) is 24.0 Å². The van der Waals surface area contributed by atoms with E-state index < -0.39 is 0 Å². The minimum atomic E-state index is -0.225. The Morgan fingerprint density at radius 3 is 3.00 bits per heavy atom. The van der Waals surface area contributed by atoms with Crippen LogP contribution in [0.25, 0.3) is 11.4 Å². The Balaban J connectivity index is 1.50. The lowest BCUT2D eigenvalue weighted by Crippen LogP contribution is -2.45. The van der Waals surface area contributed by atoms with Gasteiger partial charge in [-0.1, -0.05) is 17.2 Å². The standard InChI is InChI=1S/C17H17N5O3/c1-2-4-12-9-13(20-24-12)17(23)22-8-6-14(22)16-19-15(21-25-16)11-5-3-7-18-10-11/h3,5,7,9-10,14H,2,4,6,8H2,1H3/t14-/m0/s1. The Kier molecular flexibility index (Phi) is 4.01. The molecule has 0 spiro atoms. The first-order valence-electron chi connectivity index (χ1n) is 8.27. The number of carbonyl (C=O) groups excluding carboxylic acids is 1. The molecule has 128 valence electrons. The van der Waals surface area contributed by atoms with Crippen LogP contribution in [0.15, 0.2) is 39.6 Å². The van der Waals surface area contributed by atoms with Crippen molar-refractivity contribution in [2.45, 2.75) is 32.2 Å². The molecular formula is C17H17N5O3. The molecule has 3 aromatic rings. The first kappa shape index (κ1) is 15.5. The third-order valence-electron chi connectivity index (χ3n) is 4.20. The minimum Gasteiger partial charge on any atom is -0.361 e. The molecule has 0 aromatic carbocycles. The van der Waals surface area contributed by atoms with Crippen LogP contribution in [-0.2, 0) is 6.42 Å². The fraction of sp³-hybridized carbons (Fsp3) is 0.353. The van der Waals surface area contributed by atoms with Crippen molar-refractivity contribution in [2.24, 2.45) is 0 Å². The average Bonchev–Trinajstić information content (AvgIpc) is 3.25. The summed E-state index contributed by atoms with van der Waals surface area (Å²) in [5.74, 6) is 1.44. The van der Waals surface area contributed by atoms with E-state index in [9.17, 15) is 4.79 Å². The largest absolute Gasteiger partial charge is 0.361 e. The highest BCUT2D eigenvalue weighted by Gasteiger charge is 2.39. The molecule has 1 fully saturated rings. The number of likely N-dealkylation sites (tertiary alicyclic amines) is 1. The lowest BCUT2D eigenvalue weighted by molar-refractivity contribution is 0.0368. The van der Waals surface area contributed by atoms with E-state index in [2.05, 4.69) is 20.3 Å². The van der Waals surface area contributed by atoms with Gasteiger partial charge in [-0.15, -0.1) is 0 Å². The molecule has 1 saturated heterocycles. The normalized spacial score (nSPS) is 16.7. The van der Waals surface area contributed by atoms with Gasteiger partial charge in [-0.3, -0.25) is 9.78 Å². The number of rotatable bonds is 5. The van der Waals surface area contributed by atoms with Crippen molar-refractivity contribution in [3.8, 4) is 11.4 Å². The zero-order chi connectivity index (χ0) is 17.2. The summed E-state index contributed by atoms with van der Waals surface area (Å²) in [6.45, 7) is 2.68. The third-order valence-corrected chi connectivity index (χ3v) is 4.20. The molecule has 3 aromatic heterocycles. The van der Waals surface area contributed by atoms with Crippen LogP contribution >= 0.6 is 0 Å². The number of aromatic nitrogens is 4. The third kappa shape index (κ3) is 2.90. The van der Waals surface area contributed by atoms with E-state index in [1.165, 1.54) is 0 Å². The fourth-order valence-corrected chi connectivity index (χ4v) is 2.80. The number of amides is 1. The van der Waals surface area contributed by atoms with E-state index in [-0.39, 0.29) is 11.9 Å². The first-order chi connectivity index (χ1) is 12.3. The predicted octanol–water partition coefficient (Wildman–Crippen LogP) is 2.66. The SMILES string of the molecule is CCCc1cc(C(=O)N2CC[C@H]2c2nc(-c3cccnc3)no2)no1. The Morgan fingerprint density at radius 1 is 1.36 bits per heavy atom. The molecule has 1 aliphatic heterocycles. The minimum absolute atomic E-state index is 0.177. The van der Waals surface area contributed by atoms with Gasteiger partial charge in [0.25, 0.3) is 5.91 Å². The Bertz CT molecular complexity index is 873. The second-order valence-electron chi connectivity index (χ2n) is 5.93. The molecule has 0 bridgehead atoms. The van der Waals surface area contributed by atoms with Crippen LogP contribution in [0.5, 0.6) is 0 Å². The monoisotopic (exact) mass is 339 g/mol. The highest BCUT2D eigenvalue weighted by molar-refractivity contribution is 5.93. The van der Waals surface area contributed by atoms with Crippen LogP contribution in [0.4, 0.5) is 0 Å². The van der Waals surface area contributed by atoms with Gasteiger partial charge in [-0.2, -0.15) is 4.98 Å². The molecule has 0 saturated carbocycles. The van der Waals surface area contributed by atoms with Gasteiger partial charge in [0.2, 0.25) is 11.7 Å². The molecule has 25 heavy (non-hydrogen) atoms. The van der Waals surface area contributed by atoms with Crippen LogP contribution in [0.2, 0.25) is 0 Å². The van der Waals surface area contributed by atoms with Gasteiger partial charge in [0.1, 0.15) is 11.8 Å². The maximum Gasteiger partial charge on any atom is 0.276 e. The quantitative estimate of drug-likeness (QED) is 0.704. The highest BCUT2D eigenvalue weighted by atomic mass is 16.5. The van der Waals surface area contributed by atoms with E-state index in [0.717, 1.165) is 30.6 Å². The number of pyridine rings is 1. The second-order valence-corrected chi connectivity index (χ2v) is 5.93. The molecule has 4 heterocycles. The molecule has 1 atom stereocenters. The topological polar surface area (TPSA) is 98.2 Å². The van der Waals surface area contributed by atoms with Crippen LogP contribution in [0, 0.1) is 0 Å². The fourth-order valence-electron chi connectivity index (χ4n) is 2.80. The molecule has 0 N–H and O–H groups in total. The summed E-state index contributed by atoms with van der Waals surface area (Å²) in [7, 11) is 0. The zero-order valence-corrected chi connectivity index (χ0v) is 13.8. The lowest BCUT2D eigenvalue weighted by atomic mass is 10.0. The van der Waals surface area contributed by atoms with E-state index >= 15 is 0 Å². The van der Waals surface area contributed by atoms with Gasteiger partial charge in [-0.05, 0) is 25.0 Å². The number of hydrogen-bond acceptors (Lipinski definition) is 7. The molecule has 8 heteroatoms. The van der Waals surface area contributed by atoms with Crippen molar-refractivity contribution < 1.29 is 13.8 Å². The molecule has 0 unspecified atom stereocenters. The molecule has 0 aliphatic carbocycles. The van der Waals surface area contributed by atoms with E-state index in [1.54, 1.807) is 23.4 Å². The lowest BCUT2D eigenvalue weighted by Gasteiger charge is -2.37. The summed E-state index contributed by atoms with van der Waals surface area (Å²) in [5, 5.41) is 7.86. The molecule has 1 amide bonds. The van der Waals surface area contributed by atoms with E-state index in [1.807, 2.05) is 19.1 Å². The van der Waals surface area contributed by atoms with Crippen molar-refractivity contribution >= 4 is 5.91 Å². The van der Waals surface area contributed by atoms with Gasteiger partial charge < -0.3 is 13.9 Å². The van der Waals surface area contributed by atoms with Crippen LogP contribution in [-0.4, -0.2) is 37.6 Å². The van der Waals surface area contributed by atoms with Gasteiger partial charge in [0, 0.05) is 37.0 Å². The maximum atomic E-state index is 12.6. The van der Waals surface area contributed by atoms with Crippen LogP contribution in [0.3, 0.4) is 0 Å². The number of nitrogens with zero attached hydrogens (tertiary/aromatic N) is 5. The molecule has 0 radical (unpaired) electrons. The Morgan fingerprint density at radius 2 is 2.28 bits per heavy atom. The van der Waals surface area contributed by atoms with Crippen molar-refractivity contribution in [1.29, 1.82) is 0 Å². The molecule has 4 rings (SSSR count). The summed E-state index contributed by atoms with van der Waals surface area (Å²) < 4.78 is 10.5. The summed E-state index contributed by atoms with van der Waals surface area (Å²) in [6.07, 6.45) is 5.83. The Labute approximate surface area is 143 Å². The highest BCUT2D eigenvalue weighted by Crippen LogP contribution is 2.34. The predicted molar refractivity (Wildman–Crippen MR) is 86.4 cm³/mol. The molecule has 8 nitrogen and oxygen atoms in total. The molecular weight excluding hydrogens is 322 g/mol. The number of carbonyl (C=O) groups is 1. The van der Waals surface area contributed by atoms with Gasteiger partial charge in [0.05, 0.1) is 0 Å². The number of aryl methyl sites for hydroxylation is 1. The maximum absolute atomic E-state index is 12.6. The average molecular weight is 339 g/mol. The van der Waals surface area contributed by atoms with Crippen molar-refractivity contribution in [1.82, 2.24) is 25.2 Å². The first-order valence-corrected chi connectivity index (χ1v) is 8.27. The van der Waals surface area contributed by atoms with Crippen molar-refractivity contribution in [2.75, 3.05) is 6.54 Å². The van der Waals surface area contributed by atoms with E-state index in [4.69, 9.17) is 9.05 Å².